The molecular weight excluding hydrogens is 246 g/mol. The third-order valence-corrected chi connectivity index (χ3v) is 3.25. The summed E-state index contributed by atoms with van der Waals surface area (Å²) in [6.07, 6.45) is 0. The van der Waals surface area contributed by atoms with E-state index in [0.29, 0.717) is 5.69 Å². The first-order valence-corrected chi connectivity index (χ1v) is 6.03. The van der Waals surface area contributed by atoms with E-state index in [9.17, 15) is 9.59 Å². The minimum Gasteiger partial charge on any atom is -0.480 e. The summed E-state index contributed by atoms with van der Waals surface area (Å²) in [7, 11) is 0. The SMILES string of the molecule is Cc1cc(C)c(N(CC(=O)O)C(C)C(=O)O)cc1C. The highest BCUT2D eigenvalue weighted by Crippen LogP contribution is 2.25. The molecule has 5 nitrogen and oxygen atoms in total. The lowest BCUT2D eigenvalue weighted by atomic mass is 10.0. The van der Waals surface area contributed by atoms with Crippen LogP contribution in [0.4, 0.5) is 5.69 Å². The minimum absolute atomic E-state index is 0.337. The predicted molar refractivity (Wildman–Crippen MR) is 72.7 cm³/mol. The van der Waals surface area contributed by atoms with Gasteiger partial charge >= 0.3 is 11.9 Å². The Morgan fingerprint density at radius 1 is 1.11 bits per heavy atom. The van der Waals surface area contributed by atoms with Crippen molar-refractivity contribution >= 4 is 17.6 Å². The first kappa shape index (κ1) is 15.0. The fourth-order valence-electron chi connectivity index (χ4n) is 1.96. The summed E-state index contributed by atoms with van der Waals surface area (Å²) in [5.41, 5.74) is 3.63. The topological polar surface area (TPSA) is 77.8 Å². The van der Waals surface area contributed by atoms with Gasteiger partial charge in [0.2, 0.25) is 0 Å². The van der Waals surface area contributed by atoms with Gasteiger partial charge in [-0.15, -0.1) is 0 Å². The number of benzene rings is 1. The monoisotopic (exact) mass is 265 g/mol. The highest BCUT2D eigenvalue weighted by molar-refractivity contribution is 5.82. The Hall–Kier alpha value is -2.04. The van der Waals surface area contributed by atoms with Crippen LogP contribution in [0.25, 0.3) is 0 Å². The summed E-state index contributed by atoms with van der Waals surface area (Å²) < 4.78 is 0. The average molecular weight is 265 g/mol. The summed E-state index contributed by atoms with van der Waals surface area (Å²) in [5, 5.41) is 18.1. The van der Waals surface area contributed by atoms with Crippen LogP contribution in [-0.2, 0) is 9.59 Å². The zero-order valence-electron chi connectivity index (χ0n) is 11.6. The summed E-state index contributed by atoms with van der Waals surface area (Å²) in [6, 6.07) is 2.89. The van der Waals surface area contributed by atoms with Gasteiger partial charge in [-0.25, -0.2) is 4.79 Å². The minimum atomic E-state index is -1.05. The Morgan fingerprint density at radius 2 is 1.63 bits per heavy atom. The van der Waals surface area contributed by atoms with Crippen molar-refractivity contribution in [2.24, 2.45) is 0 Å². The maximum atomic E-state index is 11.1. The molecule has 0 heterocycles. The molecule has 0 aromatic heterocycles. The van der Waals surface area contributed by atoms with E-state index in [1.54, 1.807) is 0 Å². The highest BCUT2D eigenvalue weighted by Gasteiger charge is 2.24. The zero-order valence-corrected chi connectivity index (χ0v) is 11.6. The van der Waals surface area contributed by atoms with Crippen LogP contribution in [0.15, 0.2) is 12.1 Å². The number of nitrogens with zero attached hydrogens (tertiary/aromatic N) is 1. The molecule has 0 fully saturated rings. The van der Waals surface area contributed by atoms with Crippen LogP contribution in [-0.4, -0.2) is 34.7 Å². The number of aryl methyl sites for hydroxylation is 3. The lowest BCUT2D eigenvalue weighted by molar-refractivity contribution is -0.138. The average Bonchev–Trinajstić information content (AvgIpc) is 2.30. The van der Waals surface area contributed by atoms with E-state index in [1.165, 1.54) is 11.8 Å². The number of anilines is 1. The fraction of sp³-hybridized carbons (Fsp3) is 0.429. The molecule has 2 N–H and O–H groups in total. The zero-order chi connectivity index (χ0) is 14.7. The van der Waals surface area contributed by atoms with Crippen LogP contribution in [0.5, 0.6) is 0 Å². The Morgan fingerprint density at radius 3 is 2.11 bits per heavy atom. The van der Waals surface area contributed by atoms with Crippen LogP contribution in [0.3, 0.4) is 0 Å². The number of carbonyl (C=O) groups is 2. The van der Waals surface area contributed by atoms with Crippen LogP contribution < -0.4 is 4.90 Å². The molecule has 1 atom stereocenters. The van der Waals surface area contributed by atoms with Gasteiger partial charge in [-0.05, 0) is 50.5 Å². The molecule has 104 valence electrons. The molecule has 0 radical (unpaired) electrons. The summed E-state index contributed by atoms with van der Waals surface area (Å²) in [6.45, 7) is 6.89. The normalized spacial score (nSPS) is 12.0. The number of hydrogen-bond acceptors (Lipinski definition) is 3. The van der Waals surface area contributed by atoms with E-state index in [1.807, 2.05) is 32.9 Å². The number of aliphatic carboxylic acids is 2. The molecule has 0 aliphatic carbocycles. The molecule has 0 bridgehead atoms. The van der Waals surface area contributed by atoms with Gasteiger partial charge in [0.15, 0.2) is 0 Å². The van der Waals surface area contributed by atoms with E-state index < -0.39 is 18.0 Å². The molecule has 1 rings (SSSR count). The standard InChI is InChI=1S/C14H19NO4/c1-8-5-10(3)12(6-9(8)2)15(7-13(16)17)11(4)14(18)19/h5-6,11H,7H2,1-4H3,(H,16,17)(H,18,19). The van der Waals surface area contributed by atoms with Gasteiger partial charge in [0, 0.05) is 5.69 Å². The molecule has 0 aliphatic rings. The van der Waals surface area contributed by atoms with E-state index in [4.69, 9.17) is 10.2 Å². The first-order chi connectivity index (χ1) is 8.73. The van der Waals surface area contributed by atoms with Gasteiger partial charge in [0.05, 0.1) is 0 Å². The molecule has 0 amide bonds. The lowest BCUT2D eigenvalue weighted by Crippen LogP contribution is -2.42. The van der Waals surface area contributed by atoms with Crippen LogP contribution >= 0.6 is 0 Å². The van der Waals surface area contributed by atoms with Crippen molar-refractivity contribution < 1.29 is 19.8 Å². The maximum absolute atomic E-state index is 11.1. The van der Waals surface area contributed by atoms with Crippen LogP contribution in [0.1, 0.15) is 23.6 Å². The van der Waals surface area contributed by atoms with E-state index in [0.717, 1.165) is 16.7 Å². The Kier molecular flexibility index (Phi) is 4.53. The molecule has 1 unspecified atom stereocenters. The van der Waals surface area contributed by atoms with Crippen LogP contribution in [0, 0.1) is 20.8 Å². The molecule has 1 aromatic rings. The van der Waals surface area contributed by atoms with Crippen molar-refractivity contribution in [2.75, 3.05) is 11.4 Å². The first-order valence-electron chi connectivity index (χ1n) is 6.03. The molecule has 0 spiro atoms. The van der Waals surface area contributed by atoms with Gasteiger partial charge in [-0.3, -0.25) is 4.79 Å². The highest BCUT2D eigenvalue weighted by atomic mass is 16.4. The molecule has 5 heteroatoms. The largest absolute Gasteiger partial charge is 0.480 e. The molecule has 0 saturated heterocycles. The second kappa shape index (κ2) is 5.73. The third kappa shape index (κ3) is 3.47. The Balaban J connectivity index is 3.28. The Labute approximate surface area is 112 Å². The maximum Gasteiger partial charge on any atom is 0.326 e. The molecule has 19 heavy (non-hydrogen) atoms. The third-order valence-electron chi connectivity index (χ3n) is 3.25. The number of hydrogen-bond donors (Lipinski definition) is 2. The fourth-order valence-corrected chi connectivity index (χ4v) is 1.96. The van der Waals surface area contributed by atoms with Crippen molar-refractivity contribution in [3.05, 3.63) is 28.8 Å². The van der Waals surface area contributed by atoms with E-state index in [2.05, 4.69) is 0 Å². The van der Waals surface area contributed by atoms with Gasteiger partial charge in [0.1, 0.15) is 12.6 Å². The van der Waals surface area contributed by atoms with Crippen molar-refractivity contribution in [1.29, 1.82) is 0 Å². The Bertz CT molecular complexity index is 510. The summed E-state index contributed by atoms with van der Waals surface area (Å²) in [4.78, 5) is 23.5. The van der Waals surface area contributed by atoms with Crippen LogP contribution in [0.2, 0.25) is 0 Å². The van der Waals surface area contributed by atoms with Gasteiger partial charge < -0.3 is 15.1 Å². The second-order valence-corrected chi connectivity index (χ2v) is 4.76. The van der Waals surface area contributed by atoms with Gasteiger partial charge in [-0.2, -0.15) is 0 Å². The lowest BCUT2D eigenvalue weighted by Gasteiger charge is -2.29. The van der Waals surface area contributed by atoms with E-state index >= 15 is 0 Å². The summed E-state index contributed by atoms with van der Waals surface area (Å²) in [5.74, 6) is -2.09. The van der Waals surface area contributed by atoms with Crippen molar-refractivity contribution in [1.82, 2.24) is 0 Å². The summed E-state index contributed by atoms with van der Waals surface area (Å²) >= 11 is 0. The van der Waals surface area contributed by atoms with Crippen molar-refractivity contribution in [3.8, 4) is 0 Å². The number of carboxylic acid groups (broad SMARTS) is 2. The predicted octanol–water partition coefficient (Wildman–Crippen LogP) is 1.98. The van der Waals surface area contributed by atoms with Gasteiger partial charge in [0.25, 0.3) is 0 Å². The molecule has 0 aliphatic heterocycles. The molecule has 1 aromatic carbocycles. The van der Waals surface area contributed by atoms with Crippen molar-refractivity contribution in [2.45, 2.75) is 33.7 Å². The smallest absolute Gasteiger partial charge is 0.326 e. The number of rotatable bonds is 5. The van der Waals surface area contributed by atoms with E-state index in [-0.39, 0.29) is 6.54 Å². The second-order valence-electron chi connectivity index (χ2n) is 4.76. The van der Waals surface area contributed by atoms with Gasteiger partial charge in [-0.1, -0.05) is 6.07 Å². The molecule has 0 saturated carbocycles. The quantitative estimate of drug-likeness (QED) is 0.851. The molecular formula is C14H19NO4. The van der Waals surface area contributed by atoms with Crippen molar-refractivity contribution in [3.63, 3.8) is 0 Å². The number of carboxylic acids is 2.